The topological polar surface area (TPSA) is 71.1 Å². The second-order valence-electron chi connectivity index (χ2n) is 6.18. The van der Waals surface area contributed by atoms with Gasteiger partial charge < -0.3 is 18.1 Å². The predicted octanol–water partition coefficient (Wildman–Crippen LogP) is 6.95. The summed E-state index contributed by atoms with van der Waals surface area (Å²) in [5.41, 5.74) is 2.63. The molecule has 1 heterocycles. The lowest BCUT2D eigenvalue weighted by molar-refractivity contribution is 0.218. The van der Waals surface area contributed by atoms with Gasteiger partial charge in [-0.15, -0.1) is 11.3 Å². The van der Waals surface area contributed by atoms with Gasteiger partial charge in [0.1, 0.15) is 0 Å². The van der Waals surface area contributed by atoms with E-state index in [1.54, 1.807) is 39.0 Å². The van der Waals surface area contributed by atoms with Crippen LogP contribution in [0.5, 0.6) is 0 Å². The van der Waals surface area contributed by atoms with E-state index in [2.05, 4.69) is 0 Å². The van der Waals surface area contributed by atoms with Gasteiger partial charge >= 0.3 is 15.2 Å². The third-order valence-corrected chi connectivity index (χ3v) is 8.99. The van der Waals surface area contributed by atoms with E-state index in [1.165, 1.54) is 0 Å². The smallest absolute Gasteiger partial charge is 0.309 e. The largest absolute Gasteiger partial charge is 0.335 e. The molecule has 0 N–H and O–H groups in total. The average Bonchev–Trinajstić information content (AvgIpc) is 3.18. The van der Waals surface area contributed by atoms with Gasteiger partial charge in [-0.2, -0.15) is 0 Å². The third-order valence-electron chi connectivity index (χ3n) is 4.00. The quantitative estimate of drug-likeness (QED) is 0.301. The number of benzene rings is 1. The van der Waals surface area contributed by atoms with Crippen molar-refractivity contribution in [1.82, 2.24) is 0 Å². The second-order valence-corrected chi connectivity index (χ2v) is 11.2. The van der Waals surface area contributed by atoms with Gasteiger partial charge in [-0.3, -0.25) is 9.13 Å². The summed E-state index contributed by atoms with van der Waals surface area (Å²) >= 11 is 1.59. The first-order valence-electron chi connectivity index (χ1n) is 9.80. The summed E-state index contributed by atoms with van der Waals surface area (Å²) in [5, 5.41) is 1.99. The summed E-state index contributed by atoms with van der Waals surface area (Å²) < 4.78 is 47.8. The van der Waals surface area contributed by atoms with Gasteiger partial charge in [-0.1, -0.05) is 18.2 Å². The maximum absolute atomic E-state index is 13.1. The van der Waals surface area contributed by atoms with Crippen LogP contribution >= 0.6 is 26.5 Å². The molecule has 0 aliphatic carbocycles. The van der Waals surface area contributed by atoms with Crippen LogP contribution in [0.1, 0.15) is 38.8 Å². The van der Waals surface area contributed by atoms with Gasteiger partial charge in [-0.05, 0) is 61.9 Å². The zero-order valence-corrected chi connectivity index (χ0v) is 20.1. The second kappa shape index (κ2) is 11.6. The predicted molar refractivity (Wildman–Crippen MR) is 119 cm³/mol. The highest BCUT2D eigenvalue weighted by molar-refractivity contribution is 7.53. The van der Waals surface area contributed by atoms with Crippen LogP contribution in [0.15, 0.2) is 35.7 Å². The van der Waals surface area contributed by atoms with Crippen LogP contribution in [0, 0.1) is 0 Å². The van der Waals surface area contributed by atoms with Gasteiger partial charge in [0.25, 0.3) is 0 Å². The van der Waals surface area contributed by atoms with Crippen molar-refractivity contribution in [3.05, 3.63) is 46.8 Å². The number of hydrogen-bond acceptors (Lipinski definition) is 7. The molecule has 1 aromatic carbocycles. The van der Waals surface area contributed by atoms with E-state index in [0.717, 1.165) is 21.6 Å². The highest BCUT2D eigenvalue weighted by Crippen LogP contribution is 2.54. The van der Waals surface area contributed by atoms with Crippen molar-refractivity contribution in [1.29, 1.82) is 0 Å². The van der Waals surface area contributed by atoms with Crippen LogP contribution in [-0.2, 0) is 39.5 Å². The van der Waals surface area contributed by atoms with E-state index in [-0.39, 0.29) is 12.3 Å². The van der Waals surface area contributed by atoms with E-state index in [4.69, 9.17) is 18.1 Å². The molecule has 0 aliphatic rings. The lowest BCUT2D eigenvalue weighted by Crippen LogP contribution is -2.02. The number of thiophene rings is 1. The molecular weight excluding hydrogens is 430 g/mol. The van der Waals surface area contributed by atoms with Crippen LogP contribution in [0.4, 0.5) is 0 Å². The van der Waals surface area contributed by atoms with Crippen LogP contribution in [-0.4, -0.2) is 26.4 Å². The Morgan fingerprint density at radius 3 is 1.83 bits per heavy atom. The van der Waals surface area contributed by atoms with Crippen molar-refractivity contribution in [2.75, 3.05) is 26.4 Å². The zero-order chi connectivity index (χ0) is 21.3. The SMILES string of the molecule is CCOP(=O)(Cc1ccc(CP(=O)(OCC)OCC)c(-c2cccs2)c1)OCC. The molecule has 9 heteroatoms. The Hall–Kier alpha value is -0.780. The third kappa shape index (κ3) is 7.15. The fourth-order valence-electron chi connectivity index (χ4n) is 3.00. The van der Waals surface area contributed by atoms with Crippen LogP contribution in [0.2, 0.25) is 0 Å². The molecular formula is C20H30O6P2S. The minimum absolute atomic E-state index is 0.177. The maximum Gasteiger partial charge on any atom is 0.335 e. The van der Waals surface area contributed by atoms with Crippen molar-refractivity contribution >= 4 is 26.5 Å². The molecule has 0 atom stereocenters. The lowest BCUT2D eigenvalue weighted by Gasteiger charge is -2.20. The molecule has 0 bridgehead atoms. The maximum atomic E-state index is 13.1. The van der Waals surface area contributed by atoms with Gasteiger partial charge in [0.15, 0.2) is 0 Å². The van der Waals surface area contributed by atoms with Crippen molar-refractivity contribution in [3.8, 4) is 10.4 Å². The summed E-state index contributed by atoms with van der Waals surface area (Å²) in [4.78, 5) is 1.03. The Kier molecular flexibility index (Phi) is 9.77. The molecule has 0 saturated heterocycles. The number of hydrogen-bond donors (Lipinski definition) is 0. The van der Waals surface area contributed by atoms with Crippen LogP contribution in [0.25, 0.3) is 10.4 Å². The van der Waals surface area contributed by atoms with E-state index < -0.39 is 15.2 Å². The Morgan fingerprint density at radius 2 is 1.34 bits per heavy atom. The summed E-state index contributed by atoms with van der Waals surface area (Å²) in [7, 11) is -6.46. The van der Waals surface area contributed by atoms with E-state index in [1.807, 2.05) is 35.7 Å². The zero-order valence-electron chi connectivity index (χ0n) is 17.5. The highest BCUT2D eigenvalue weighted by Gasteiger charge is 2.28. The standard InChI is InChI=1S/C20H30O6P2S/c1-5-23-27(21,24-6-2)15-17-11-12-18(16-28(22,25-7-3)26-8-4)19(14-17)20-10-9-13-29-20/h9-14H,5-8,15-16H2,1-4H3. The molecule has 2 rings (SSSR count). The van der Waals surface area contributed by atoms with Gasteiger partial charge in [-0.25, -0.2) is 0 Å². The molecule has 6 nitrogen and oxygen atoms in total. The first-order chi connectivity index (χ1) is 13.9. The normalized spacial score (nSPS) is 12.4. The minimum Gasteiger partial charge on any atom is -0.309 e. The molecule has 0 saturated carbocycles. The number of rotatable bonds is 13. The van der Waals surface area contributed by atoms with Gasteiger partial charge in [0.05, 0.1) is 38.8 Å². The van der Waals surface area contributed by atoms with Crippen molar-refractivity contribution in [2.45, 2.75) is 40.0 Å². The molecule has 1 aromatic heterocycles. The summed E-state index contributed by atoms with van der Waals surface area (Å²) in [5.74, 6) is 0. The Balaban J connectivity index is 2.41. The van der Waals surface area contributed by atoms with Crippen molar-refractivity contribution in [2.24, 2.45) is 0 Å². The molecule has 0 amide bonds. The van der Waals surface area contributed by atoms with E-state index >= 15 is 0 Å². The Labute approximate surface area is 177 Å². The Morgan fingerprint density at radius 1 is 0.793 bits per heavy atom. The first kappa shape index (κ1) is 24.5. The van der Waals surface area contributed by atoms with Crippen molar-refractivity contribution in [3.63, 3.8) is 0 Å². The molecule has 2 aromatic rings. The fourth-order valence-corrected chi connectivity index (χ4v) is 7.20. The van der Waals surface area contributed by atoms with Gasteiger partial charge in [0.2, 0.25) is 0 Å². The summed E-state index contributed by atoms with van der Waals surface area (Å²) in [6.07, 6.45) is 0.360. The summed E-state index contributed by atoms with van der Waals surface area (Å²) in [6.45, 7) is 8.46. The van der Waals surface area contributed by atoms with Crippen LogP contribution < -0.4 is 0 Å². The molecule has 0 fully saturated rings. The first-order valence-corrected chi connectivity index (χ1v) is 14.1. The van der Waals surface area contributed by atoms with Crippen LogP contribution in [0.3, 0.4) is 0 Å². The van der Waals surface area contributed by atoms with E-state index in [0.29, 0.717) is 26.4 Å². The molecule has 29 heavy (non-hydrogen) atoms. The minimum atomic E-state index is -3.25. The van der Waals surface area contributed by atoms with E-state index in [9.17, 15) is 9.13 Å². The average molecular weight is 460 g/mol. The van der Waals surface area contributed by atoms with Gasteiger partial charge in [0, 0.05) is 4.88 Å². The molecule has 0 aliphatic heterocycles. The summed E-state index contributed by atoms with van der Waals surface area (Å²) in [6, 6.07) is 9.71. The molecule has 162 valence electrons. The molecule has 0 radical (unpaired) electrons. The fraction of sp³-hybridized carbons (Fsp3) is 0.500. The monoisotopic (exact) mass is 460 g/mol. The Bertz CT molecular complexity index is 833. The molecule has 0 unspecified atom stereocenters. The van der Waals surface area contributed by atoms with Crippen molar-refractivity contribution < 1.29 is 27.2 Å². The highest BCUT2D eigenvalue weighted by atomic mass is 32.1. The lowest BCUT2D eigenvalue weighted by atomic mass is 10.0. The molecule has 0 spiro atoms.